The van der Waals surface area contributed by atoms with Crippen molar-refractivity contribution in [3.05, 3.63) is 11.9 Å². The van der Waals surface area contributed by atoms with Crippen molar-refractivity contribution in [2.75, 3.05) is 13.2 Å². The number of aldehydes is 1. The molecule has 1 fully saturated rings. The van der Waals surface area contributed by atoms with Crippen LogP contribution in [0, 0.1) is 5.92 Å². The standard InChI is InChI=1S/C8H11N3O2/c12-5-8-4-11(10-9-8)3-7-1-2-13-6-7/h4-5,7H,1-3,6H2. The minimum atomic E-state index is 0.388. The molecule has 0 radical (unpaired) electrons. The Kier molecular flexibility index (Phi) is 2.35. The van der Waals surface area contributed by atoms with Gasteiger partial charge in [-0.15, -0.1) is 5.10 Å². The zero-order valence-corrected chi connectivity index (χ0v) is 7.22. The fraction of sp³-hybridized carbons (Fsp3) is 0.625. The maximum atomic E-state index is 10.3. The number of carbonyl (C=O) groups excluding carboxylic acids is 1. The number of hydrogen-bond acceptors (Lipinski definition) is 4. The summed E-state index contributed by atoms with van der Waals surface area (Å²) < 4.78 is 6.93. The van der Waals surface area contributed by atoms with Crippen LogP contribution in [0.1, 0.15) is 16.9 Å². The first-order valence-electron chi connectivity index (χ1n) is 4.31. The second-order valence-corrected chi connectivity index (χ2v) is 3.21. The van der Waals surface area contributed by atoms with Crippen molar-refractivity contribution < 1.29 is 9.53 Å². The van der Waals surface area contributed by atoms with E-state index in [1.807, 2.05) is 0 Å². The van der Waals surface area contributed by atoms with E-state index >= 15 is 0 Å². The highest BCUT2D eigenvalue weighted by atomic mass is 16.5. The molecule has 1 unspecified atom stereocenters. The molecular formula is C8H11N3O2. The Morgan fingerprint density at radius 3 is 3.31 bits per heavy atom. The molecule has 1 aliphatic heterocycles. The molecule has 1 aliphatic rings. The molecule has 0 bridgehead atoms. The topological polar surface area (TPSA) is 57.0 Å². The largest absolute Gasteiger partial charge is 0.381 e. The van der Waals surface area contributed by atoms with Gasteiger partial charge in [0.15, 0.2) is 6.29 Å². The van der Waals surface area contributed by atoms with E-state index in [-0.39, 0.29) is 0 Å². The van der Waals surface area contributed by atoms with E-state index in [2.05, 4.69) is 10.3 Å². The van der Waals surface area contributed by atoms with E-state index < -0.39 is 0 Å². The van der Waals surface area contributed by atoms with Crippen LogP contribution in [-0.4, -0.2) is 34.5 Å². The fourth-order valence-corrected chi connectivity index (χ4v) is 1.45. The maximum Gasteiger partial charge on any atom is 0.171 e. The van der Waals surface area contributed by atoms with Crippen LogP contribution in [0.25, 0.3) is 0 Å². The molecule has 1 saturated heterocycles. The van der Waals surface area contributed by atoms with Crippen LogP contribution in [-0.2, 0) is 11.3 Å². The summed E-state index contributed by atoms with van der Waals surface area (Å²) in [7, 11) is 0. The highest BCUT2D eigenvalue weighted by Crippen LogP contribution is 2.13. The Labute approximate surface area is 75.7 Å². The minimum absolute atomic E-state index is 0.388. The van der Waals surface area contributed by atoms with Crippen LogP contribution in [0.15, 0.2) is 6.20 Å². The van der Waals surface area contributed by atoms with Crippen LogP contribution < -0.4 is 0 Å². The summed E-state index contributed by atoms with van der Waals surface area (Å²) in [5.74, 6) is 0.515. The van der Waals surface area contributed by atoms with E-state index in [0.29, 0.717) is 17.9 Å². The molecule has 1 aromatic heterocycles. The lowest BCUT2D eigenvalue weighted by molar-refractivity contribution is 0.111. The second kappa shape index (κ2) is 3.66. The van der Waals surface area contributed by atoms with Crippen molar-refractivity contribution >= 4 is 6.29 Å². The third kappa shape index (κ3) is 1.92. The van der Waals surface area contributed by atoms with Gasteiger partial charge in [-0.2, -0.15) is 0 Å². The molecule has 1 aromatic rings. The third-order valence-corrected chi connectivity index (χ3v) is 2.15. The summed E-state index contributed by atoms with van der Waals surface area (Å²) in [5.41, 5.74) is 0.388. The Balaban J connectivity index is 1.96. The molecule has 0 aromatic carbocycles. The van der Waals surface area contributed by atoms with Gasteiger partial charge in [0, 0.05) is 19.1 Å². The van der Waals surface area contributed by atoms with Gasteiger partial charge in [-0.25, -0.2) is 0 Å². The van der Waals surface area contributed by atoms with Gasteiger partial charge in [0.25, 0.3) is 0 Å². The maximum absolute atomic E-state index is 10.3. The highest BCUT2D eigenvalue weighted by molar-refractivity contribution is 5.70. The van der Waals surface area contributed by atoms with Crippen molar-refractivity contribution in [2.24, 2.45) is 5.92 Å². The Morgan fingerprint density at radius 1 is 1.77 bits per heavy atom. The average Bonchev–Trinajstić information content (AvgIpc) is 2.76. The molecular weight excluding hydrogens is 170 g/mol. The normalized spacial score (nSPS) is 22.0. The lowest BCUT2D eigenvalue weighted by Crippen LogP contribution is -2.11. The molecule has 2 heterocycles. The van der Waals surface area contributed by atoms with Gasteiger partial charge in [0.05, 0.1) is 12.8 Å². The van der Waals surface area contributed by atoms with Gasteiger partial charge in [0.1, 0.15) is 5.69 Å². The smallest absolute Gasteiger partial charge is 0.171 e. The first-order valence-corrected chi connectivity index (χ1v) is 4.31. The zero-order chi connectivity index (χ0) is 9.10. The monoisotopic (exact) mass is 181 g/mol. The summed E-state index contributed by atoms with van der Waals surface area (Å²) in [4.78, 5) is 10.3. The molecule has 0 N–H and O–H groups in total. The van der Waals surface area contributed by atoms with Gasteiger partial charge < -0.3 is 4.74 Å². The number of ether oxygens (including phenoxy) is 1. The minimum Gasteiger partial charge on any atom is -0.381 e. The van der Waals surface area contributed by atoms with E-state index in [9.17, 15) is 4.79 Å². The number of aromatic nitrogens is 3. The lowest BCUT2D eigenvalue weighted by atomic mass is 10.1. The van der Waals surface area contributed by atoms with Crippen molar-refractivity contribution in [3.8, 4) is 0 Å². The Morgan fingerprint density at radius 2 is 2.69 bits per heavy atom. The van der Waals surface area contributed by atoms with E-state index in [0.717, 1.165) is 26.2 Å². The van der Waals surface area contributed by atoms with Gasteiger partial charge in [0.2, 0.25) is 0 Å². The molecule has 1 atom stereocenters. The van der Waals surface area contributed by atoms with Gasteiger partial charge >= 0.3 is 0 Å². The van der Waals surface area contributed by atoms with Gasteiger partial charge in [-0.1, -0.05) is 5.21 Å². The van der Waals surface area contributed by atoms with E-state index in [4.69, 9.17) is 4.74 Å². The molecule has 5 heteroatoms. The Hall–Kier alpha value is -1.23. The van der Waals surface area contributed by atoms with Gasteiger partial charge in [-0.3, -0.25) is 9.48 Å². The lowest BCUT2D eigenvalue weighted by Gasteiger charge is -2.05. The molecule has 70 valence electrons. The predicted octanol–water partition coefficient (Wildman–Crippen LogP) is 0.127. The summed E-state index contributed by atoms with van der Waals surface area (Å²) >= 11 is 0. The second-order valence-electron chi connectivity index (χ2n) is 3.21. The van der Waals surface area contributed by atoms with Gasteiger partial charge in [-0.05, 0) is 6.42 Å². The van der Waals surface area contributed by atoms with Crippen LogP contribution in [0.2, 0.25) is 0 Å². The van der Waals surface area contributed by atoms with Crippen LogP contribution in [0.3, 0.4) is 0 Å². The molecule has 5 nitrogen and oxygen atoms in total. The number of hydrogen-bond donors (Lipinski definition) is 0. The van der Waals surface area contributed by atoms with Crippen molar-refractivity contribution in [3.63, 3.8) is 0 Å². The quantitative estimate of drug-likeness (QED) is 0.622. The summed E-state index contributed by atoms with van der Waals surface area (Å²) in [6.07, 6.45) is 3.43. The molecule has 0 aliphatic carbocycles. The highest BCUT2D eigenvalue weighted by Gasteiger charge is 2.16. The van der Waals surface area contributed by atoms with Crippen molar-refractivity contribution in [1.82, 2.24) is 15.0 Å². The zero-order valence-electron chi connectivity index (χ0n) is 7.22. The summed E-state index contributed by atoms with van der Waals surface area (Å²) in [6.45, 7) is 2.41. The van der Waals surface area contributed by atoms with E-state index in [1.165, 1.54) is 0 Å². The molecule has 0 saturated carbocycles. The van der Waals surface area contributed by atoms with Crippen molar-refractivity contribution in [2.45, 2.75) is 13.0 Å². The molecule has 0 spiro atoms. The van der Waals surface area contributed by atoms with E-state index in [1.54, 1.807) is 10.9 Å². The molecule has 2 rings (SSSR count). The number of carbonyl (C=O) groups is 1. The summed E-state index contributed by atoms with van der Waals surface area (Å²) in [6, 6.07) is 0. The average molecular weight is 181 g/mol. The first kappa shape index (κ1) is 8.37. The number of nitrogens with zero attached hydrogens (tertiary/aromatic N) is 3. The van der Waals surface area contributed by atoms with Crippen LogP contribution in [0.4, 0.5) is 0 Å². The summed E-state index contributed by atoms with van der Waals surface area (Å²) in [5, 5.41) is 7.51. The number of rotatable bonds is 3. The molecule has 0 amide bonds. The Bertz CT molecular complexity index is 291. The van der Waals surface area contributed by atoms with Crippen LogP contribution >= 0.6 is 0 Å². The molecule has 13 heavy (non-hydrogen) atoms. The van der Waals surface area contributed by atoms with Crippen LogP contribution in [0.5, 0.6) is 0 Å². The third-order valence-electron chi connectivity index (χ3n) is 2.15. The predicted molar refractivity (Wildman–Crippen MR) is 44.3 cm³/mol. The van der Waals surface area contributed by atoms with Crippen molar-refractivity contribution in [1.29, 1.82) is 0 Å². The fourth-order valence-electron chi connectivity index (χ4n) is 1.45. The first-order chi connectivity index (χ1) is 6.38. The SMILES string of the molecule is O=Cc1cn(CC2CCOC2)nn1.